The number of sulfone groups is 1. The van der Waals surface area contributed by atoms with E-state index in [1.165, 1.54) is 43.1 Å². The highest BCUT2D eigenvalue weighted by atomic mass is 32.2. The van der Waals surface area contributed by atoms with Gasteiger partial charge in [0.2, 0.25) is 5.91 Å². The van der Waals surface area contributed by atoms with Gasteiger partial charge < -0.3 is 35.9 Å². The van der Waals surface area contributed by atoms with E-state index in [-0.39, 0.29) is 47.6 Å². The molecule has 13 nitrogen and oxygen atoms in total. The summed E-state index contributed by atoms with van der Waals surface area (Å²) in [7, 11) is -4.13. The third kappa shape index (κ3) is 8.71. The van der Waals surface area contributed by atoms with E-state index in [0.29, 0.717) is 33.5 Å². The second-order valence-electron chi connectivity index (χ2n) is 13.5. The Morgan fingerprint density at radius 1 is 0.982 bits per heavy atom. The molecule has 5 rings (SSSR count). The second kappa shape index (κ2) is 16.0. The van der Waals surface area contributed by atoms with Crippen LogP contribution in [0.5, 0.6) is 11.5 Å². The molecule has 2 heterocycles. The van der Waals surface area contributed by atoms with Crippen molar-refractivity contribution in [2.75, 3.05) is 29.9 Å². The van der Waals surface area contributed by atoms with E-state index in [1.807, 2.05) is 13.8 Å². The fraction of sp³-hybridized carbons (Fsp3) is 0.368. The first-order chi connectivity index (χ1) is 25.8. The first-order valence-corrected chi connectivity index (χ1v) is 19.0. The predicted molar refractivity (Wildman–Crippen MR) is 199 cm³/mol. The lowest BCUT2D eigenvalue weighted by atomic mass is 9.92. The van der Waals surface area contributed by atoms with Gasteiger partial charge in [-0.1, -0.05) is 6.07 Å². The van der Waals surface area contributed by atoms with E-state index in [1.54, 1.807) is 49.4 Å². The topological polar surface area (TPSA) is 193 Å². The molecule has 3 unspecified atom stereocenters. The fourth-order valence-corrected chi connectivity index (χ4v) is 7.72. The lowest BCUT2D eigenvalue weighted by Gasteiger charge is -2.33. The third-order valence-corrected chi connectivity index (χ3v) is 11.2. The number of esters is 2. The molecule has 4 aromatic rings. The zero-order chi connectivity index (χ0) is 40.4. The Labute approximate surface area is 316 Å². The molecule has 1 aliphatic rings. The number of hydrogen-bond donors (Lipinski definition) is 3. The van der Waals surface area contributed by atoms with Crippen LogP contribution in [-0.4, -0.2) is 66.8 Å². The molecular formula is C38H42F3N5O8S. The summed E-state index contributed by atoms with van der Waals surface area (Å²) in [5.41, 5.74) is 12.9. The molecule has 55 heavy (non-hydrogen) atoms. The van der Waals surface area contributed by atoms with E-state index in [0.717, 1.165) is 0 Å². The van der Waals surface area contributed by atoms with Gasteiger partial charge in [0.05, 0.1) is 34.8 Å². The van der Waals surface area contributed by atoms with Gasteiger partial charge in [-0.3, -0.25) is 9.59 Å². The Kier molecular flexibility index (Phi) is 11.8. The molecule has 0 spiro atoms. The SMILES string of the molecule is CCOc1cc(C(Nc2ccc3c(N)nccc3c2)C(=O)N2CCC(C(=O)OC(=O)C(F)(F)F)C2c2cc(N)ccc2S(=O)(=O)C(C)C)ccc1OC(C)C. The van der Waals surface area contributed by atoms with Crippen molar-refractivity contribution >= 4 is 55.6 Å². The molecule has 1 saturated heterocycles. The van der Waals surface area contributed by atoms with Crippen LogP contribution < -0.4 is 26.3 Å². The quantitative estimate of drug-likeness (QED) is 0.0845. The van der Waals surface area contributed by atoms with E-state index in [4.69, 9.17) is 20.9 Å². The van der Waals surface area contributed by atoms with Crippen LogP contribution in [0.25, 0.3) is 10.8 Å². The average molecular weight is 786 g/mol. The van der Waals surface area contributed by atoms with Crippen molar-refractivity contribution < 1.29 is 50.2 Å². The van der Waals surface area contributed by atoms with Crippen LogP contribution in [0.1, 0.15) is 64.3 Å². The molecule has 1 fully saturated rings. The summed E-state index contributed by atoms with van der Waals surface area (Å²) >= 11 is 0. The number of nitrogens with zero attached hydrogens (tertiary/aromatic N) is 2. The molecule has 0 radical (unpaired) electrons. The molecule has 1 aromatic heterocycles. The number of amides is 1. The van der Waals surface area contributed by atoms with Crippen LogP contribution in [0.2, 0.25) is 0 Å². The van der Waals surface area contributed by atoms with Crippen molar-refractivity contribution in [2.24, 2.45) is 5.92 Å². The fourth-order valence-electron chi connectivity index (χ4n) is 6.44. The summed E-state index contributed by atoms with van der Waals surface area (Å²) in [6.45, 7) is 8.30. The summed E-state index contributed by atoms with van der Waals surface area (Å²) in [5.74, 6) is -5.63. The molecular weight excluding hydrogens is 744 g/mol. The number of rotatable bonds is 12. The average Bonchev–Trinajstić information content (AvgIpc) is 3.56. The van der Waals surface area contributed by atoms with Gasteiger partial charge in [0.1, 0.15) is 11.9 Å². The van der Waals surface area contributed by atoms with Gasteiger partial charge in [-0.05, 0) is 112 Å². The largest absolute Gasteiger partial charge is 0.491 e. The van der Waals surface area contributed by atoms with Crippen molar-refractivity contribution in [2.45, 2.75) is 75.5 Å². The third-order valence-electron chi connectivity index (χ3n) is 9.00. The highest BCUT2D eigenvalue weighted by molar-refractivity contribution is 7.92. The minimum Gasteiger partial charge on any atom is -0.490 e. The molecule has 5 N–H and O–H groups in total. The number of alkyl halides is 3. The number of nitrogens with one attached hydrogen (secondary N) is 1. The maximum Gasteiger partial charge on any atom is 0.491 e. The number of ether oxygens (including phenoxy) is 3. The lowest BCUT2D eigenvalue weighted by molar-refractivity contribution is -0.203. The van der Waals surface area contributed by atoms with Crippen molar-refractivity contribution in [3.05, 3.63) is 78.0 Å². The lowest BCUT2D eigenvalue weighted by Crippen LogP contribution is -2.40. The number of anilines is 3. The Balaban J connectivity index is 1.69. The number of likely N-dealkylation sites (tertiary alicyclic amines) is 1. The monoisotopic (exact) mass is 785 g/mol. The number of hydrogen-bond acceptors (Lipinski definition) is 12. The number of halogens is 3. The number of aromatic nitrogens is 1. The summed E-state index contributed by atoms with van der Waals surface area (Å²) in [6, 6.07) is 12.7. The Hall–Kier alpha value is -5.58. The normalized spacial score (nSPS) is 16.7. The van der Waals surface area contributed by atoms with Crippen LogP contribution in [-0.2, 0) is 29.0 Å². The van der Waals surface area contributed by atoms with E-state index in [9.17, 15) is 31.2 Å². The Morgan fingerprint density at radius 3 is 2.36 bits per heavy atom. The van der Waals surface area contributed by atoms with Gasteiger partial charge >= 0.3 is 18.1 Å². The van der Waals surface area contributed by atoms with Gasteiger partial charge in [0.15, 0.2) is 21.3 Å². The molecule has 3 aromatic carbocycles. The minimum atomic E-state index is -5.50. The first kappa shape index (κ1) is 40.6. The van der Waals surface area contributed by atoms with Crippen molar-refractivity contribution in [1.82, 2.24) is 9.88 Å². The van der Waals surface area contributed by atoms with Crippen LogP contribution in [0.3, 0.4) is 0 Å². The minimum absolute atomic E-state index is 0.0530. The standard InChI is InChI=1S/C38H42F3N5O8S/c1-6-52-30-18-23(7-11-29(30)53-20(2)3)32(45-25-9-10-26-22(17-25)13-15-44-34(26)43)35(47)46-16-14-27(36(48)54-37(49)38(39,40)41)33(46)28-19-24(42)8-12-31(28)55(50,51)21(4)5/h7-13,15,17-21,27,32-33,45H,6,14,16,42H2,1-5H3,(H2,43,44). The number of nitrogens with two attached hydrogens (primary N) is 2. The van der Waals surface area contributed by atoms with E-state index >= 15 is 4.79 Å². The van der Waals surface area contributed by atoms with Crippen LogP contribution in [0.15, 0.2) is 71.8 Å². The summed E-state index contributed by atoms with van der Waals surface area (Å²) in [5, 5.41) is 3.61. The van der Waals surface area contributed by atoms with Gasteiger partial charge in [-0.15, -0.1) is 0 Å². The van der Waals surface area contributed by atoms with Gasteiger partial charge in [-0.2, -0.15) is 13.2 Å². The number of carbonyl (C=O) groups excluding carboxylic acids is 3. The van der Waals surface area contributed by atoms with E-state index < -0.39 is 57.1 Å². The van der Waals surface area contributed by atoms with Crippen molar-refractivity contribution in [1.29, 1.82) is 0 Å². The van der Waals surface area contributed by atoms with Gasteiger partial charge in [0, 0.05) is 29.5 Å². The van der Waals surface area contributed by atoms with Crippen LogP contribution in [0.4, 0.5) is 30.4 Å². The molecule has 0 bridgehead atoms. The second-order valence-corrected chi connectivity index (χ2v) is 16.0. The number of pyridine rings is 1. The molecule has 1 aliphatic heterocycles. The zero-order valence-corrected chi connectivity index (χ0v) is 31.5. The summed E-state index contributed by atoms with van der Waals surface area (Å²) in [6.07, 6.45) is -4.47. The zero-order valence-electron chi connectivity index (χ0n) is 30.7. The Bertz CT molecular complexity index is 2210. The smallest absolute Gasteiger partial charge is 0.490 e. The first-order valence-electron chi connectivity index (χ1n) is 17.4. The summed E-state index contributed by atoms with van der Waals surface area (Å²) < 4.78 is 83.3. The molecule has 17 heteroatoms. The molecule has 1 amide bonds. The van der Waals surface area contributed by atoms with E-state index in [2.05, 4.69) is 15.0 Å². The molecule has 294 valence electrons. The molecule has 0 saturated carbocycles. The van der Waals surface area contributed by atoms with Gasteiger partial charge in [0.25, 0.3) is 0 Å². The number of nitrogen functional groups attached to an aromatic ring is 2. The maximum atomic E-state index is 15.1. The Morgan fingerprint density at radius 2 is 1.71 bits per heavy atom. The van der Waals surface area contributed by atoms with Crippen LogP contribution in [0, 0.1) is 5.92 Å². The van der Waals surface area contributed by atoms with Crippen LogP contribution >= 0.6 is 0 Å². The number of carbonyl (C=O) groups is 3. The maximum absolute atomic E-state index is 15.1. The highest BCUT2D eigenvalue weighted by Gasteiger charge is 2.50. The number of benzene rings is 3. The van der Waals surface area contributed by atoms with Crippen molar-refractivity contribution in [3.8, 4) is 11.5 Å². The highest BCUT2D eigenvalue weighted by Crippen LogP contribution is 2.44. The molecule has 0 aliphatic carbocycles. The summed E-state index contributed by atoms with van der Waals surface area (Å²) in [4.78, 5) is 45.4. The van der Waals surface area contributed by atoms with Gasteiger partial charge in [-0.25, -0.2) is 18.2 Å². The molecule has 3 atom stereocenters. The number of fused-ring (bicyclic) bond motifs is 1. The van der Waals surface area contributed by atoms with Crippen molar-refractivity contribution in [3.63, 3.8) is 0 Å². The predicted octanol–water partition coefficient (Wildman–Crippen LogP) is 6.14.